The van der Waals surface area contributed by atoms with Gasteiger partial charge in [0.2, 0.25) is 0 Å². The smallest absolute Gasteiger partial charge is 0.261 e. The SMILES string of the molecule is COCc1nc2ncc3c(=O)n(CCc4cnc[nH]4)ccc3n2n1. The van der Waals surface area contributed by atoms with Gasteiger partial charge in [-0.25, -0.2) is 9.97 Å². The van der Waals surface area contributed by atoms with Crippen LogP contribution in [0.1, 0.15) is 11.5 Å². The first kappa shape index (κ1) is 14.5. The number of nitrogens with one attached hydrogen (secondary N) is 1. The topological polar surface area (TPSA) is 103 Å². The monoisotopic (exact) mass is 325 g/mol. The first-order valence-electron chi connectivity index (χ1n) is 7.46. The molecule has 0 saturated carbocycles. The predicted molar refractivity (Wildman–Crippen MR) is 85.6 cm³/mol. The number of methoxy groups -OCH3 is 1. The van der Waals surface area contributed by atoms with Gasteiger partial charge in [-0.2, -0.15) is 9.50 Å². The molecule has 4 aromatic heterocycles. The van der Waals surface area contributed by atoms with Crippen molar-refractivity contribution < 1.29 is 4.74 Å². The summed E-state index contributed by atoms with van der Waals surface area (Å²) in [5, 5.41) is 4.85. The van der Waals surface area contributed by atoms with Crippen LogP contribution in [0.15, 0.2) is 35.8 Å². The maximum Gasteiger partial charge on any atom is 0.261 e. The number of imidazole rings is 1. The molecule has 0 saturated heterocycles. The third-order valence-corrected chi connectivity index (χ3v) is 3.80. The number of aromatic amines is 1. The van der Waals surface area contributed by atoms with E-state index in [1.54, 1.807) is 41.1 Å². The molecule has 0 aliphatic heterocycles. The molecule has 0 unspecified atom stereocenters. The molecule has 0 aromatic carbocycles. The molecule has 0 amide bonds. The Balaban J connectivity index is 1.75. The summed E-state index contributed by atoms with van der Waals surface area (Å²) in [5.41, 5.74) is 1.55. The number of pyridine rings is 1. The lowest BCUT2D eigenvalue weighted by molar-refractivity contribution is 0.178. The minimum absolute atomic E-state index is 0.106. The first-order valence-corrected chi connectivity index (χ1v) is 7.46. The summed E-state index contributed by atoms with van der Waals surface area (Å²) in [6, 6.07) is 1.85. The second kappa shape index (κ2) is 5.85. The molecule has 0 spiro atoms. The van der Waals surface area contributed by atoms with Crippen LogP contribution in [-0.4, -0.2) is 41.2 Å². The average Bonchev–Trinajstić information content (AvgIpc) is 3.23. The Bertz CT molecular complexity index is 1050. The summed E-state index contributed by atoms with van der Waals surface area (Å²) >= 11 is 0. The van der Waals surface area contributed by atoms with Gasteiger partial charge in [-0.05, 0) is 6.07 Å². The van der Waals surface area contributed by atoms with Crippen LogP contribution in [0.3, 0.4) is 0 Å². The Hall–Kier alpha value is -3.07. The standard InChI is InChI=1S/C15H15N7O2/c1-24-8-13-19-15-17-7-11-12(22(15)20-13)3-5-21(14(11)23)4-2-10-6-16-9-18-10/h3,5-7,9H,2,4,8H2,1H3,(H,16,18). The lowest BCUT2D eigenvalue weighted by Gasteiger charge is -2.06. The highest BCUT2D eigenvalue weighted by molar-refractivity contribution is 5.78. The van der Waals surface area contributed by atoms with Crippen LogP contribution in [-0.2, 0) is 24.3 Å². The lowest BCUT2D eigenvalue weighted by Crippen LogP contribution is -2.21. The van der Waals surface area contributed by atoms with Gasteiger partial charge < -0.3 is 14.3 Å². The van der Waals surface area contributed by atoms with Gasteiger partial charge in [0.05, 0.1) is 17.2 Å². The van der Waals surface area contributed by atoms with E-state index >= 15 is 0 Å². The second-order valence-corrected chi connectivity index (χ2v) is 5.37. The van der Waals surface area contributed by atoms with Crippen molar-refractivity contribution in [1.82, 2.24) is 34.1 Å². The molecule has 0 fully saturated rings. The molecule has 1 N–H and O–H groups in total. The Morgan fingerprint density at radius 2 is 2.25 bits per heavy atom. The van der Waals surface area contributed by atoms with E-state index in [2.05, 4.69) is 25.0 Å². The predicted octanol–water partition coefficient (Wildman–Crippen LogP) is 0.551. The van der Waals surface area contributed by atoms with Crippen molar-refractivity contribution in [2.24, 2.45) is 0 Å². The van der Waals surface area contributed by atoms with Gasteiger partial charge >= 0.3 is 0 Å². The molecule has 9 heteroatoms. The molecule has 0 atom stereocenters. The van der Waals surface area contributed by atoms with Gasteiger partial charge in [-0.1, -0.05) is 0 Å². The number of hydrogen-bond acceptors (Lipinski definition) is 6. The molecule has 9 nitrogen and oxygen atoms in total. The maximum atomic E-state index is 12.7. The molecule has 122 valence electrons. The fourth-order valence-electron chi connectivity index (χ4n) is 2.63. The first-order chi connectivity index (χ1) is 11.8. The van der Waals surface area contributed by atoms with E-state index in [1.165, 1.54) is 0 Å². The van der Waals surface area contributed by atoms with Crippen LogP contribution in [0.25, 0.3) is 16.7 Å². The van der Waals surface area contributed by atoms with Gasteiger partial charge in [-0.15, -0.1) is 5.10 Å². The van der Waals surface area contributed by atoms with E-state index in [1.807, 2.05) is 6.07 Å². The Labute approximate surface area is 136 Å². The molecule has 4 heterocycles. The van der Waals surface area contributed by atoms with Crippen molar-refractivity contribution in [3.8, 4) is 0 Å². The van der Waals surface area contributed by atoms with Crippen LogP contribution in [0, 0.1) is 0 Å². The summed E-state index contributed by atoms with van der Waals surface area (Å²) in [5.74, 6) is 0.977. The number of aromatic nitrogens is 7. The number of ether oxygens (including phenoxy) is 1. The Morgan fingerprint density at radius 3 is 3.04 bits per heavy atom. The van der Waals surface area contributed by atoms with Crippen molar-refractivity contribution in [2.75, 3.05) is 7.11 Å². The molecule has 24 heavy (non-hydrogen) atoms. The number of nitrogens with zero attached hydrogens (tertiary/aromatic N) is 6. The normalized spacial score (nSPS) is 11.5. The summed E-state index contributed by atoms with van der Waals surface area (Å²) in [6.07, 6.45) is 7.39. The maximum absolute atomic E-state index is 12.7. The summed E-state index contributed by atoms with van der Waals surface area (Å²) in [6.45, 7) is 0.855. The van der Waals surface area contributed by atoms with Crippen molar-refractivity contribution >= 4 is 16.7 Å². The van der Waals surface area contributed by atoms with Crippen LogP contribution in [0.4, 0.5) is 0 Å². The van der Waals surface area contributed by atoms with Crippen LogP contribution < -0.4 is 5.56 Å². The fraction of sp³-hybridized carbons (Fsp3) is 0.267. The molecular weight excluding hydrogens is 310 g/mol. The minimum Gasteiger partial charge on any atom is -0.377 e. The molecule has 4 aromatic rings. The van der Waals surface area contributed by atoms with Gasteiger partial charge in [0, 0.05) is 44.4 Å². The van der Waals surface area contributed by atoms with E-state index < -0.39 is 0 Å². The third kappa shape index (κ3) is 2.44. The van der Waals surface area contributed by atoms with Gasteiger partial charge in [0.1, 0.15) is 6.61 Å². The average molecular weight is 325 g/mol. The highest BCUT2D eigenvalue weighted by atomic mass is 16.5. The molecule has 0 aliphatic carbocycles. The van der Waals surface area contributed by atoms with E-state index in [-0.39, 0.29) is 5.56 Å². The molecule has 0 bridgehead atoms. The number of fused-ring (bicyclic) bond motifs is 3. The quantitative estimate of drug-likeness (QED) is 0.575. The Morgan fingerprint density at radius 1 is 1.33 bits per heavy atom. The van der Waals surface area contributed by atoms with Gasteiger partial charge in [0.25, 0.3) is 11.3 Å². The minimum atomic E-state index is -0.106. The molecule has 0 radical (unpaired) electrons. The number of rotatable bonds is 5. The summed E-state index contributed by atoms with van der Waals surface area (Å²) < 4.78 is 8.27. The summed E-state index contributed by atoms with van der Waals surface area (Å²) in [4.78, 5) is 28.2. The number of hydrogen-bond donors (Lipinski definition) is 1. The Kier molecular flexibility index (Phi) is 3.54. The van der Waals surface area contributed by atoms with Crippen molar-refractivity contribution in [3.63, 3.8) is 0 Å². The lowest BCUT2D eigenvalue weighted by atomic mass is 10.3. The molecule has 4 rings (SSSR count). The van der Waals surface area contributed by atoms with E-state index in [0.29, 0.717) is 42.1 Å². The highest BCUT2D eigenvalue weighted by Gasteiger charge is 2.11. The van der Waals surface area contributed by atoms with E-state index in [9.17, 15) is 4.79 Å². The van der Waals surface area contributed by atoms with Crippen molar-refractivity contribution in [2.45, 2.75) is 19.6 Å². The van der Waals surface area contributed by atoms with Crippen molar-refractivity contribution in [1.29, 1.82) is 0 Å². The zero-order valence-corrected chi connectivity index (χ0v) is 13.0. The van der Waals surface area contributed by atoms with Gasteiger partial charge in [-0.3, -0.25) is 4.79 Å². The zero-order valence-electron chi connectivity index (χ0n) is 13.0. The largest absolute Gasteiger partial charge is 0.377 e. The van der Waals surface area contributed by atoms with Crippen LogP contribution >= 0.6 is 0 Å². The molecular formula is C15H15N7O2. The van der Waals surface area contributed by atoms with E-state index in [4.69, 9.17) is 4.74 Å². The van der Waals surface area contributed by atoms with Crippen LogP contribution in [0.5, 0.6) is 0 Å². The van der Waals surface area contributed by atoms with E-state index in [0.717, 1.165) is 5.69 Å². The highest BCUT2D eigenvalue weighted by Crippen LogP contribution is 2.11. The molecule has 0 aliphatic rings. The number of H-pyrrole nitrogens is 1. The third-order valence-electron chi connectivity index (χ3n) is 3.80. The van der Waals surface area contributed by atoms with Crippen LogP contribution in [0.2, 0.25) is 0 Å². The summed E-state index contributed by atoms with van der Waals surface area (Å²) in [7, 11) is 1.58. The second-order valence-electron chi connectivity index (χ2n) is 5.37. The zero-order chi connectivity index (χ0) is 16.5. The van der Waals surface area contributed by atoms with Gasteiger partial charge in [0.15, 0.2) is 5.82 Å². The number of aryl methyl sites for hydroxylation is 2. The fourth-order valence-corrected chi connectivity index (χ4v) is 2.63. The van der Waals surface area contributed by atoms with Crippen molar-refractivity contribution in [3.05, 3.63) is 52.9 Å².